The molecule has 0 atom stereocenters. The van der Waals surface area contributed by atoms with Gasteiger partial charge in [0.1, 0.15) is 0 Å². The first-order chi connectivity index (χ1) is 12.7. The normalized spacial score (nSPS) is 24.9. The molecule has 0 N–H and O–H groups in total. The summed E-state index contributed by atoms with van der Waals surface area (Å²) in [5.74, 6) is 0.790. The maximum Gasteiger partial charge on any atom is 0.0480 e. The van der Waals surface area contributed by atoms with Crippen molar-refractivity contribution in [3.8, 4) is 0 Å². The molecule has 26 heavy (non-hydrogen) atoms. The van der Waals surface area contributed by atoms with Gasteiger partial charge < -0.3 is 9.64 Å². The predicted molar refractivity (Wildman–Crippen MR) is 108 cm³/mol. The number of piperidine rings is 1. The van der Waals surface area contributed by atoms with Crippen LogP contribution in [0.25, 0.3) is 0 Å². The van der Waals surface area contributed by atoms with Gasteiger partial charge in [-0.2, -0.15) is 0 Å². The van der Waals surface area contributed by atoms with E-state index < -0.39 is 0 Å². The third kappa shape index (κ3) is 3.85. The molecular formula is C23H36N2O. The van der Waals surface area contributed by atoms with Crippen LogP contribution in [0, 0.1) is 5.92 Å². The summed E-state index contributed by atoms with van der Waals surface area (Å²) < 4.78 is 5.57. The zero-order chi connectivity index (χ0) is 18.0. The van der Waals surface area contributed by atoms with E-state index in [9.17, 15) is 0 Å². The van der Waals surface area contributed by atoms with Crippen LogP contribution in [0.3, 0.4) is 0 Å². The van der Waals surface area contributed by atoms with Crippen molar-refractivity contribution in [3.63, 3.8) is 0 Å². The van der Waals surface area contributed by atoms with Gasteiger partial charge in [-0.25, -0.2) is 0 Å². The Labute approximate surface area is 159 Å². The summed E-state index contributed by atoms with van der Waals surface area (Å²) in [4.78, 5) is 5.51. The zero-order valence-corrected chi connectivity index (χ0v) is 16.8. The molecule has 2 saturated heterocycles. The molecule has 0 saturated carbocycles. The lowest BCUT2D eigenvalue weighted by Gasteiger charge is -2.50. The summed E-state index contributed by atoms with van der Waals surface area (Å²) in [5.41, 5.74) is 3.63. The Morgan fingerprint density at radius 3 is 2.58 bits per heavy atom. The third-order valence-electron chi connectivity index (χ3n) is 6.99. The van der Waals surface area contributed by atoms with E-state index in [4.69, 9.17) is 4.74 Å². The van der Waals surface area contributed by atoms with Crippen molar-refractivity contribution >= 4 is 0 Å². The Balaban J connectivity index is 1.49. The highest BCUT2D eigenvalue weighted by Crippen LogP contribution is 2.42. The van der Waals surface area contributed by atoms with E-state index in [-0.39, 0.29) is 0 Å². The van der Waals surface area contributed by atoms with Gasteiger partial charge in [-0.05, 0) is 68.8 Å². The minimum Gasteiger partial charge on any atom is -0.381 e. The van der Waals surface area contributed by atoms with Crippen molar-refractivity contribution in [2.24, 2.45) is 5.92 Å². The Bertz CT molecular complexity index is 586. The van der Waals surface area contributed by atoms with Gasteiger partial charge in [0.15, 0.2) is 0 Å². The first kappa shape index (κ1) is 18.5. The summed E-state index contributed by atoms with van der Waals surface area (Å²) in [6, 6.07) is 10.1. The number of hydrogen-bond donors (Lipinski definition) is 0. The van der Waals surface area contributed by atoms with Crippen LogP contribution >= 0.6 is 0 Å². The Morgan fingerprint density at radius 2 is 1.85 bits per heavy atom. The second kappa shape index (κ2) is 8.00. The fourth-order valence-corrected chi connectivity index (χ4v) is 5.38. The van der Waals surface area contributed by atoms with E-state index in [2.05, 4.69) is 47.9 Å². The number of benzene rings is 1. The minimum absolute atomic E-state index is 0.382. The van der Waals surface area contributed by atoms with Crippen LogP contribution in [0.15, 0.2) is 24.3 Å². The molecule has 1 aromatic rings. The molecular weight excluding hydrogens is 320 g/mol. The lowest BCUT2D eigenvalue weighted by Crippen LogP contribution is -2.54. The van der Waals surface area contributed by atoms with E-state index in [0.29, 0.717) is 5.41 Å². The van der Waals surface area contributed by atoms with Crippen LogP contribution in [-0.4, -0.2) is 55.2 Å². The van der Waals surface area contributed by atoms with Crippen LogP contribution in [0.4, 0.5) is 0 Å². The molecule has 3 aliphatic rings. The summed E-state index contributed by atoms with van der Waals surface area (Å²) in [7, 11) is 0. The fourth-order valence-electron chi connectivity index (χ4n) is 5.38. The summed E-state index contributed by atoms with van der Waals surface area (Å²) in [6.45, 7) is 12.8. The number of hydrogen-bond acceptors (Lipinski definition) is 3. The lowest BCUT2D eigenvalue weighted by atomic mass is 9.68. The van der Waals surface area contributed by atoms with Gasteiger partial charge in [0, 0.05) is 37.8 Å². The molecule has 0 unspecified atom stereocenters. The van der Waals surface area contributed by atoms with Crippen molar-refractivity contribution in [2.45, 2.75) is 64.0 Å². The van der Waals surface area contributed by atoms with Gasteiger partial charge in [-0.1, -0.05) is 38.1 Å². The van der Waals surface area contributed by atoms with Crippen molar-refractivity contribution in [1.29, 1.82) is 0 Å². The molecule has 0 bridgehead atoms. The van der Waals surface area contributed by atoms with Gasteiger partial charge in [-0.3, -0.25) is 4.90 Å². The molecule has 1 spiro atoms. The van der Waals surface area contributed by atoms with E-state index in [1.54, 1.807) is 11.1 Å². The smallest absolute Gasteiger partial charge is 0.0480 e. The standard InChI is InChI=1S/C23H36N2O/c1-19(2)7-12-24-17-20-5-3-4-6-22(20)23(18-24)10-13-25(14-11-23)21-8-15-26-16-9-21/h3-6,19,21H,7-18H2,1-2H3. The van der Waals surface area contributed by atoms with Crippen LogP contribution in [0.5, 0.6) is 0 Å². The van der Waals surface area contributed by atoms with Crippen LogP contribution in [-0.2, 0) is 16.7 Å². The first-order valence-corrected chi connectivity index (χ1v) is 10.8. The molecule has 3 aliphatic heterocycles. The van der Waals surface area contributed by atoms with Crippen molar-refractivity contribution in [2.75, 3.05) is 39.4 Å². The Kier molecular flexibility index (Phi) is 5.68. The number of rotatable bonds is 4. The van der Waals surface area contributed by atoms with Gasteiger partial charge in [-0.15, -0.1) is 0 Å². The maximum absolute atomic E-state index is 5.57. The minimum atomic E-state index is 0.382. The molecule has 2 fully saturated rings. The van der Waals surface area contributed by atoms with Crippen molar-refractivity contribution in [3.05, 3.63) is 35.4 Å². The third-order valence-corrected chi connectivity index (χ3v) is 6.99. The van der Waals surface area contributed by atoms with Gasteiger partial charge in [0.2, 0.25) is 0 Å². The average molecular weight is 357 g/mol. The summed E-state index contributed by atoms with van der Waals surface area (Å²) in [5, 5.41) is 0. The van der Waals surface area contributed by atoms with Gasteiger partial charge in [0.05, 0.1) is 0 Å². The van der Waals surface area contributed by atoms with E-state index in [1.165, 1.54) is 58.3 Å². The van der Waals surface area contributed by atoms with E-state index in [0.717, 1.165) is 31.7 Å². The molecule has 0 aliphatic carbocycles. The molecule has 3 heterocycles. The number of fused-ring (bicyclic) bond motifs is 2. The maximum atomic E-state index is 5.57. The quantitative estimate of drug-likeness (QED) is 0.809. The van der Waals surface area contributed by atoms with Crippen molar-refractivity contribution in [1.82, 2.24) is 9.80 Å². The lowest BCUT2D eigenvalue weighted by molar-refractivity contribution is 0.00989. The van der Waals surface area contributed by atoms with Crippen LogP contribution in [0.1, 0.15) is 57.1 Å². The molecule has 144 valence electrons. The Morgan fingerprint density at radius 1 is 1.12 bits per heavy atom. The highest BCUT2D eigenvalue weighted by atomic mass is 16.5. The predicted octanol–water partition coefficient (Wildman–Crippen LogP) is 4.06. The van der Waals surface area contributed by atoms with Crippen molar-refractivity contribution < 1.29 is 4.74 Å². The summed E-state index contributed by atoms with van der Waals surface area (Å²) >= 11 is 0. The van der Waals surface area contributed by atoms with Crippen LogP contribution < -0.4 is 0 Å². The second-order valence-corrected chi connectivity index (χ2v) is 9.21. The van der Waals surface area contributed by atoms with Crippen LogP contribution in [0.2, 0.25) is 0 Å². The zero-order valence-electron chi connectivity index (χ0n) is 16.8. The molecule has 0 aromatic heterocycles. The second-order valence-electron chi connectivity index (χ2n) is 9.21. The van der Waals surface area contributed by atoms with E-state index in [1.807, 2.05) is 0 Å². The van der Waals surface area contributed by atoms with Gasteiger partial charge in [0.25, 0.3) is 0 Å². The molecule has 3 nitrogen and oxygen atoms in total. The highest BCUT2D eigenvalue weighted by molar-refractivity contribution is 5.37. The fraction of sp³-hybridized carbons (Fsp3) is 0.739. The molecule has 0 radical (unpaired) electrons. The summed E-state index contributed by atoms with van der Waals surface area (Å²) in [6.07, 6.45) is 6.40. The van der Waals surface area contributed by atoms with E-state index >= 15 is 0 Å². The highest BCUT2D eigenvalue weighted by Gasteiger charge is 2.42. The Hall–Kier alpha value is -0.900. The molecule has 4 rings (SSSR count). The monoisotopic (exact) mass is 356 g/mol. The molecule has 1 aromatic carbocycles. The first-order valence-electron chi connectivity index (χ1n) is 10.8. The molecule has 0 amide bonds. The number of nitrogens with zero attached hydrogens (tertiary/aromatic N) is 2. The SMILES string of the molecule is CC(C)CCN1Cc2ccccc2C2(CCN(C3CCOCC3)CC2)C1. The average Bonchev–Trinajstić information content (AvgIpc) is 2.68. The largest absolute Gasteiger partial charge is 0.381 e. The topological polar surface area (TPSA) is 15.7 Å². The number of likely N-dealkylation sites (tertiary alicyclic amines) is 1. The van der Waals surface area contributed by atoms with Gasteiger partial charge >= 0.3 is 0 Å². The molecule has 3 heteroatoms. The number of ether oxygens (including phenoxy) is 1.